The van der Waals surface area contributed by atoms with E-state index in [1.807, 2.05) is 0 Å². The zero-order chi connectivity index (χ0) is 13.1. The van der Waals surface area contributed by atoms with Crippen LogP contribution in [0.5, 0.6) is 5.88 Å². The first kappa shape index (κ1) is 14.0. The lowest BCUT2D eigenvalue weighted by molar-refractivity contribution is -0.144. The molecule has 0 bridgehead atoms. The van der Waals surface area contributed by atoms with Crippen LogP contribution in [0.15, 0.2) is 5.16 Å². The Kier molecular flexibility index (Phi) is 4.55. The van der Waals surface area contributed by atoms with E-state index in [0.29, 0.717) is 5.75 Å². The molecule has 0 spiro atoms. The van der Waals surface area contributed by atoms with Crippen LogP contribution in [0.4, 0.5) is 17.6 Å². The van der Waals surface area contributed by atoms with Crippen LogP contribution in [0.3, 0.4) is 0 Å². The summed E-state index contributed by atoms with van der Waals surface area (Å²) in [4.78, 5) is 6.73. The second kappa shape index (κ2) is 5.52. The number of nitrogens with zero attached hydrogens (tertiary/aromatic N) is 2. The third-order valence-corrected chi connectivity index (χ3v) is 2.35. The van der Waals surface area contributed by atoms with Crippen molar-refractivity contribution >= 4 is 11.8 Å². The molecular weight excluding hydrogens is 260 g/mol. The highest BCUT2D eigenvalue weighted by atomic mass is 32.2. The van der Waals surface area contributed by atoms with Gasteiger partial charge in [-0.15, -0.1) is 0 Å². The normalized spacial score (nSPS) is 11.6. The molecule has 0 N–H and O–H groups in total. The monoisotopic (exact) mass is 270 g/mol. The average molecular weight is 270 g/mol. The topological polar surface area (TPSA) is 35.0 Å². The first-order chi connectivity index (χ1) is 7.90. The second-order valence-electron chi connectivity index (χ2n) is 2.84. The highest BCUT2D eigenvalue weighted by Gasteiger charge is 2.38. The maximum atomic E-state index is 13.4. The van der Waals surface area contributed by atoms with Crippen LogP contribution < -0.4 is 4.74 Å². The molecule has 1 aromatic heterocycles. The van der Waals surface area contributed by atoms with E-state index < -0.39 is 23.6 Å². The maximum Gasteiger partial charge on any atom is 0.436 e. The number of rotatable bonds is 4. The Hall–Kier alpha value is -1.05. The molecule has 0 atom stereocenters. The SMILES string of the molecule is CCOc1nc(SCC)nc(C(F)(F)F)c1F. The van der Waals surface area contributed by atoms with Crippen LogP contribution in [-0.4, -0.2) is 22.3 Å². The predicted molar refractivity (Wildman–Crippen MR) is 54.6 cm³/mol. The smallest absolute Gasteiger partial charge is 0.436 e. The van der Waals surface area contributed by atoms with E-state index in [2.05, 4.69) is 9.97 Å². The zero-order valence-corrected chi connectivity index (χ0v) is 9.95. The van der Waals surface area contributed by atoms with Gasteiger partial charge in [-0.25, -0.2) is 4.98 Å². The average Bonchev–Trinajstić information content (AvgIpc) is 2.21. The van der Waals surface area contributed by atoms with Gasteiger partial charge in [0.25, 0.3) is 5.88 Å². The lowest BCUT2D eigenvalue weighted by Crippen LogP contribution is -2.14. The van der Waals surface area contributed by atoms with Crippen molar-refractivity contribution in [2.45, 2.75) is 25.2 Å². The van der Waals surface area contributed by atoms with Gasteiger partial charge in [-0.3, -0.25) is 0 Å². The Morgan fingerprint density at radius 2 is 1.88 bits per heavy atom. The summed E-state index contributed by atoms with van der Waals surface area (Å²) in [6, 6.07) is 0. The van der Waals surface area contributed by atoms with E-state index in [1.54, 1.807) is 6.92 Å². The summed E-state index contributed by atoms with van der Waals surface area (Å²) in [5, 5.41) is -0.148. The van der Waals surface area contributed by atoms with Crippen molar-refractivity contribution in [3.8, 4) is 5.88 Å². The minimum absolute atomic E-state index is 0.0292. The van der Waals surface area contributed by atoms with E-state index in [4.69, 9.17) is 4.74 Å². The molecule has 0 saturated carbocycles. The molecule has 1 rings (SSSR count). The zero-order valence-electron chi connectivity index (χ0n) is 9.14. The number of hydrogen-bond donors (Lipinski definition) is 0. The maximum absolute atomic E-state index is 13.4. The Morgan fingerprint density at radius 1 is 1.24 bits per heavy atom. The Labute approximate surface area is 99.6 Å². The predicted octanol–water partition coefficient (Wildman–Crippen LogP) is 3.15. The van der Waals surface area contributed by atoms with Crippen molar-refractivity contribution in [1.29, 1.82) is 0 Å². The number of alkyl halides is 3. The fourth-order valence-corrected chi connectivity index (χ4v) is 1.58. The quantitative estimate of drug-likeness (QED) is 0.478. The van der Waals surface area contributed by atoms with E-state index >= 15 is 0 Å². The van der Waals surface area contributed by atoms with Gasteiger partial charge < -0.3 is 4.74 Å². The molecule has 1 heterocycles. The van der Waals surface area contributed by atoms with Crippen LogP contribution in [-0.2, 0) is 6.18 Å². The number of halogens is 4. The van der Waals surface area contributed by atoms with Gasteiger partial charge in [-0.1, -0.05) is 18.7 Å². The number of hydrogen-bond acceptors (Lipinski definition) is 4. The van der Waals surface area contributed by atoms with Gasteiger partial charge >= 0.3 is 6.18 Å². The summed E-state index contributed by atoms with van der Waals surface area (Å²) in [6.45, 7) is 3.29. The van der Waals surface area contributed by atoms with Crippen molar-refractivity contribution in [1.82, 2.24) is 9.97 Å². The molecule has 0 radical (unpaired) electrons. The lowest BCUT2D eigenvalue weighted by atomic mass is 10.4. The van der Waals surface area contributed by atoms with E-state index in [1.165, 1.54) is 6.92 Å². The van der Waals surface area contributed by atoms with Gasteiger partial charge in [0.2, 0.25) is 5.82 Å². The first-order valence-corrected chi connectivity index (χ1v) is 5.79. The Morgan fingerprint density at radius 3 is 2.35 bits per heavy atom. The van der Waals surface area contributed by atoms with E-state index in [9.17, 15) is 17.6 Å². The van der Waals surface area contributed by atoms with Gasteiger partial charge in [0.15, 0.2) is 10.9 Å². The molecule has 0 aliphatic rings. The molecule has 8 heteroatoms. The number of ether oxygens (including phenoxy) is 1. The minimum Gasteiger partial charge on any atom is -0.476 e. The largest absolute Gasteiger partial charge is 0.476 e. The molecule has 96 valence electrons. The molecule has 1 aromatic rings. The summed E-state index contributed by atoms with van der Waals surface area (Å²) in [5.74, 6) is -1.75. The molecule has 0 aliphatic heterocycles. The molecule has 3 nitrogen and oxygen atoms in total. The van der Waals surface area contributed by atoms with Gasteiger partial charge in [0.1, 0.15) is 0 Å². The fraction of sp³-hybridized carbons (Fsp3) is 0.556. The molecule has 0 aromatic carbocycles. The fourth-order valence-electron chi connectivity index (χ4n) is 1.02. The molecule has 0 aliphatic carbocycles. The number of thioether (sulfide) groups is 1. The summed E-state index contributed by atoms with van der Waals surface area (Å²) in [6.07, 6.45) is -4.86. The van der Waals surface area contributed by atoms with Crippen molar-refractivity contribution in [3.05, 3.63) is 11.5 Å². The number of aromatic nitrogens is 2. The first-order valence-electron chi connectivity index (χ1n) is 4.80. The highest BCUT2D eigenvalue weighted by Crippen LogP contribution is 2.34. The van der Waals surface area contributed by atoms with Crippen LogP contribution >= 0.6 is 11.8 Å². The Balaban J connectivity index is 3.27. The van der Waals surface area contributed by atoms with Crippen LogP contribution in [0, 0.1) is 5.82 Å². The summed E-state index contributed by atoms with van der Waals surface area (Å²) in [7, 11) is 0. The van der Waals surface area contributed by atoms with Crippen LogP contribution in [0.1, 0.15) is 19.5 Å². The molecule has 0 unspecified atom stereocenters. The highest BCUT2D eigenvalue weighted by molar-refractivity contribution is 7.99. The van der Waals surface area contributed by atoms with Crippen molar-refractivity contribution in [2.24, 2.45) is 0 Å². The minimum atomic E-state index is -4.86. The molecule has 0 amide bonds. The van der Waals surface area contributed by atoms with Crippen molar-refractivity contribution < 1.29 is 22.3 Å². The third-order valence-electron chi connectivity index (χ3n) is 1.62. The standard InChI is InChI=1S/C9H10F4N2OS/c1-3-16-7-5(10)6(9(11,12)13)14-8(15-7)17-4-2/h3-4H2,1-2H3. The van der Waals surface area contributed by atoms with Crippen molar-refractivity contribution in [2.75, 3.05) is 12.4 Å². The Bertz CT molecular complexity index is 397. The van der Waals surface area contributed by atoms with Gasteiger partial charge in [0, 0.05) is 0 Å². The lowest BCUT2D eigenvalue weighted by Gasteiger charge is -2.11. The summed E-state index contributed by atoms with van der Waals surface area (Å²) >= 11 is 0.985. The molecular formula is C9H10F4N2OS. The van der Waals surface area contributed by atoms with E-state index in [0.717, 1.165) is 11.8 Å². The van der Waals surface area contributed by atoms with Gasteiger partial charge in [-0.2, -0.15) is 22.5 Å². The van der Waals surface area contributed by atoms with Crippen LogP contribution in [0.25, 0.3) is 0 Å². The summed E-state index contributed by atoms with van der Waals surface area (Å²) in [5.41, 5.74) is -1.59. The third kappa shape index (κ3) is 3.45. The molecule has 0 saturated heterocycles. The van der Waals surface area contributed by atoms with Crippen LogP contribution in [0.2, 0.25) is 0 Å². The van der Waals surface area contributed by atoms with E-state index in [-0.39, 0.29) is 11.8 Å². The second-order valence-corrected chi connectivity index (χ2v) is 4.07. The molecule has 0 fully saturated rings. The van der Waals surface area contributed by atoms with Gasteiger partial charge in [0.05, 0.1) is 6.61 Å². The van der Waals surface area contributed by atoms with Crippen molar-refractivity contribution in [3.63, 3.8) is 0 Å². The molecule has 17 heavy (non-hydrogen) atoms. The van der Waals surface area contributed by atoms with Gasteiger partial charge in [-0.05, 0) is 12.7 Å². The summed E-state index contributed by atoms with van der Waals surface area (Å²) < 4.78 is 55.6.